The number of unbranched alkanes of at least 4 members (excludes halogenated alkanes) is 2. The number of hydrogen-bond donors (Lipinski definition) is 0. The van der Waals surface area contributed by atoms with Gasteiger partial charge in [0.2, 0.25) is 0 Å². The normalized spacial score (nSPS) is 10.2. The summed E-state index contributed by atoms with van der Waals surface area (Å²) in [4.78, 5) is 15.4. The second-order valence-corrected chi connectivity index (χ2v) is 4.18. The van der Waals surface area contributed by atoms with Crippen LogP contribution < -0.4 is 4.74 Å². The van der Waals surface area contributed by atoms with E-state index in [-0.39, 0.29) is 10.7 Å². The summed E-state index contributed by atoms with van der Waals surface area (Å²) in [6.45, 7) is 4.79. The molecular weight excluding hydrogens is 254 g/mol. The lowest BCUT2D eigenvalue weighted by Crippen LogP contribution is -2.08. The second-order valence-electron chi connectivity index (χ2n) is 3.78. The van der Waals surface area contributed by atoms with Gasteiger partial charge in [0, 0.05) is 6.07 Å². The molecule has 4 nitrogen and oxygen atoms in total. The lowest BCUT2D eigenvalue weighted by molar-refractivity contribution is 0.0519. The SMILES string of the molecule is CCCCCOc1cnc(C(=O)OCC)c(Cl)c1. The molecule has 0 saturated heterocycles. The number of pyridine rings is 1. The van der Waals surface area contributed by atoms with Crippen LogP contribution in [0.4, 0.5) is 0 Å². The van der Waals surface area contributed by atoms with E-state index < -0.39 is 5.97 Å². The lowest BCUT2D eigenvalue weighted by atomic mass is 10.3. The smallest absolute Gasteiger partial charge is 0.358 e. The van der Waals surface area contributed by atoms with Gasteiger partial charge in [-0.1, -0.05) is 31.4 Å². The summed E-state index contributed by atoms with van der Waals surface area (Å²) < 4.78 is 10.3. The van der Waals surface area contributed by atoms with Crippen molar-refractivity contribution in [1.29, 1.82) is 0 Å². The van der Waals surface area contributed by atoms with Gasteiger partial charge in [-0.2, -0.15) is 0 Å². The maximum atomic E-state index is 11.5. The molecule has 1 aromatic rings. The molecule has 0 amide bonds. The molecule has 18 heavy (non-hydrogen) atoms. The number of carbonyl (C=O) groups excluding carboxylic acids is 1. The Morgan fingerprint density at radius 1 is 1.39 bits per heavy atom. The Morgan fingerprint density at radius 3 is 2.78 bits per heavy atom. The van der Waals surface area contributed by atoms with Gasteiger partial charge in [-0.15, -0.1) is 0 Å². The molecule has 0 aliphatic rings. The average Bonchev–Trinajstić information content (AvgIpc) is 2.35. The Kier molecular flexibility index (Phi) is 6.50. The fourth-order valence-corrected chi connectivity index (χ4v) is 1.62. The summed E-state index contributed by atoms with van der Waals surface area (Å²) in [6, 6.07) is 1.59. The van der Waals surface area contributed by atoms with Crippen LogP contribution in [0.15, 0.2) is 12.3 Å². The van der Waals surface area contributed by atoms with Gasteiger partial charge in [0.15, 0.2) is 5.69 Å². The van der Waals surface area contributed by atoms with Crippen LogP contribution in [0.5, 0.6) is 5.75 Å². The van der Waals surface area contributed by atoms with Gasteiger partial charge in [-0.3, -0.25) is 0 Å². The minimum absolute atomic E-state index is 0.124. The summed E-state index contributed by atoms with van der Waals surface area (Å²) in [5.74, 6) is 0.0594. The van der Waals surface area contributed by atoms with Crippen molar-refractivity contribution in [2.24, 2.45) is 0 Å². The van der Waals surface area contributed by atoms with E-state index in [9.17, 15) is 4.79 Å². The topological polar surface area (TPSA) is 48.4 Å². The van der Waals surface area contributed by atoms with Crippen molar-refractivity contribution in [3.05, 3.63) is 23.0 Å². The molecule has 5 heteroatoms. The van der Waals surface area contributed by atoms with Crippen LogP contribution >= 0.6 is 11.6 Å². The molecule has 1 rings (SSSR count). The molecule has 0 aromatic carbocycles. The predicted molar refractivity (Wildman–Crippen MR) is 70.2 cm³/mol. The van der Waals surface area contributed by atoms with E-state index in [0.717, 1.165) is 19.3 Å². The van der Waals surface area contributed by atoms with E-state index in [4.69, 9.17) is 21.1 Å². The third-order valence-corrected chi connectivity index (χ3v) is 2.59. The summed E-state index contributed by atoms with van der Waals surface area (Å²) in [5.41, 5.74) is 0.124. The van der Waals surface area contributed by atoms with Gasteiger partial charge in [-0.05, 0) is 13.3 Å². The molecule has 1 aromatic heterocycles. The zero-order valence-corrected chi connectivity index (χ0v) is 11.5. The first-order valence-electron chi connectivity index (χ1n) is 6.14. The van der Waals surface area contributed by atoms with Crippen molar-refractivity contribution in [2.45, 2.75) is 33.1 Å². The number of esters is 1. The van der Waals surface area contributed by atoms with Gasteiger partial charge in [0.1, 0.15) is 5.75 Å². The molecule has 1 heterocycles. The Balaban J connectivity index is 2.59. The summed E-state index contributed by atoms with van der Waals surface area (Å²) in [5, 5.41) is 0.251. The minimum Gasteiger partial charge on any atom is -0.492 e. The third kappa shape index (κ3) is 4.53. The highest BCUT2D eigenvalue weighted by atomic mass is 35.5. The monoisotopic (exact) mass is 271 g/mol. The van der Waals surface area contributed by atoms with Crippen molar-refractivity contribution in [1.82, 2.24) is 4.98 Å². The van der Waals surface area contributed by atoms with Crippen LogP contribution in [0.1, 0.15) is 43.6 Å². The molecule has 0 unspecified atom stereocenters. The molecule has 100 valence electrons. The first kappa shape index (κ1) is 14.8. The van der Waals surface area contributed by atoms with E-state index in [1.165, 1.54) is 6.20 Å². The number of hydrogen-bond acceptors (Lipinski definition) is 4. The number of carbonyl (C=O) groups is 1. The van der Waals surface area contributed by atoms with Crippen LogP contribution in [0.25, 0.3) is 0 Å². The quantitative estimate of drug-likeness (QED) is 0.563. The van der Waals surface area contributed by atoms with Gasteiger partial charge in [0.25, 0.3) is 0 Å². The first-order valence-corrected chi connectivity index (χ1v) is 6.52. The van der Waals surface area contributed by atoms with E-state index in [0.29, 0.717) is 19.0 Å². The summed E-state index contributed by atoms with van der Waals surface area (Å²) in [7, 11) is 0. The number of nitrogens with zero attached hydrogens (tertiary/aromatic N) is 1. The van der Waals surface area contributed by atoms with E-state index in [1.54, 1.807) is 13.0 Å². The molecular formula is C13H18ClNO3. The average molecular weight is 272 g/mol. The summed E-state index contributed by atoms with van der Waals surface area (Å²) >= 11 is 5.96. The van der Waals surface area contributed by atoms with Gasteiger partial charge >= 0.3 is 5.97 Å². The zero-order valence-electron chi connectivity index (χ0n) is 10.7. The van der Waals surface area contributed by atoms with Crippen molar-refractivity contribution >= 4 is 17.6 Å². The van der Waals surface area contributed by atoms with E-state index in [2.05, 4.69) is 11.9 Å². The van der Waals surface area contributed by atoms with Gasteiger partial charge in [-0.25, -0.2) is 9.78 Å². The molecule has 0 radical (unpaired) electrons. The molecule has 0 bridgehead atoms. The Labute approximate surface area is 112 Å². The fraction of sp³-hybridized carbons (Fsp3) is 0.538. The number of aromatic nitrogens is 1. The molecule has 0 aliphatic carbocycles. The maximum Gasteiger partial charge on any atom is 0.358 e. The van der Waals surface area contributed by atoms with Crippen molar-refractivity contribution in [3.8, 4) is 5.75 Å². The van der Waals surface area contributed by atoms with Crippen molar-refractivity contribution < 1.29 is 14.3 Å². The Bertz CT molecular complexity index is 396. The molecule has 0 aliphatic heterocycles. The van der Waals surface area contributed by atoms with Gasteiger partial charge < -0.3 is 9.47 Å². The number of ether oxygens (including phenoxy) is 2. The van der Waals surface area contributed by atoms with E-state index in [1.807, 2.05) is 0 Å². The van der Waals surface area contributed by atoms with Crippen LogP contribution in [0.2, 0.25) is 5.02 Å². The van der Waals surface area contributed by atoms with Crippen molar-refractivity contribution in [2.75, 3.05) is 13.2 Å². The van der Waals surface area contributed by atoms with Gasteiger partial charge in [0.05, 0.1) is 24.4 Å². The number of halogens is 1. The lowest BCUT2D eigenvalue weighted by Gasteiger charge is -2.07. The van der Waals surface area contributed by atoms with Crippen LogP contribution in [0.3, 0.4) is 0 Å². The third-order valence-electron chi connectivity index (χ3n) is 2.30. The van der Waals surface area contributed by atoms with Crippen LogP contribution in [0, 0.1) is 0 Å². The summed E-state index contributed by atoms with van der Waals surface area (Å²) in [6.07, 6.45) is 4.75. The molecule has 0 spiro atoms. The first-order chi connectivity index (χ1) is 8.69. The Morgan fingerprint density at radius 2 is 2.17 bits per heavy atom. The molecule has 0 saturated carbocycles. The maximum absolute atomic E-state index is 11.5. The highest BCUT2D eigenvalue weighted by Gasteiger charge is 2.13. The zero-order chi connectivity index (χ0) is 13.4. The predicted octanol–water partition coefficient (Wildman–Crippen LogP) is 3.48. The molecule has 0 atom stereocenters. The van der Waals surface area contributed by atoms with Crippen LogP contribution in [-0.2, 0) is 4.74 Å². The highest BCUT2D eigenvalue weighted by molar-refractivity contribution is 6.33. The minimum atomic E-state index is -0.514. The fourth-order valence-electron chi connectivity index (χ4n) is 1.39. The largest absolute Gasteiger partial charge is 0.492 e. The Hall–Kier alpha value is -1.29. The van der Waals surface area contributed by atoms with Crippen LogP contribution in [-0.4, -0.2) is 24.2 Å². The molecule has 0 fully saturated rings. The number of rotatable bonds is 7. The molecule has 0 N–H and O–H groups in total. The standard InChI is InChI=1S/C13H18ClNO3/c1-3-5-6-7-18-10-8-11(14)12(15-9-10)13(16)17-4-2/h8-9H,3-7H2,1-2H3. The highest BCUT2D eigenvalue weighted by Crippen LogP contribution is 2.21. The second kappa shape index (κ2) is 7.93. The van der Waals surface area contributed by atoms with Crippen molar-refractivity contribution in [3.63, 3.8) is 0 Å². The van der Waals surface area contributed by atoms with E-state index >= 15 is 0 Å².